The quantitative estimate of drug-likeness (QED) is 0.171. The first-order valence-corrected chi connectivity index (χ1v) is 14.8. The SMILES string of the molecule is CCOc1cccc(OCC)c1-c1cnn(-c2cccc(Oc3ccc4c5ccccc5n(-c5cc(C)ccn5)c4c3)c2)c1. The summed E-state index contributed by atoms with van der Waals surface area (Å²) in [5, 5.41) is 6.99. The van der Waals surface area contributed by atoms with Crippen molar-refractivity contribution < 1.29 is 14.2 Å². The van der Waals surface area contributed by atoms with Gasteiger partial charge in [-0.2, -0.15) is 5.10 Å². The van der Waals surface area contributed by atoms with Gasteiger partial charge in [-0.05, 0) is 80.9 Å². The molecule has 0 N–H and O–H groups in total. The zero-order valence-corrected chi connectivity index (χ0v) is 24.9. The summed E-state index contributed by atoms with van der Waals surface area (Å²) in [7, 11) is 0. The number of aromatic nitrogens is 4. The van der Waals surface area contributed by atoms with Crippen molar-refractivity contribution in [1.29, 1.82) is 0 Å². The van der Waals surface area contributed by atoms with E-state index in [0.29, 0.717) is 19.0 Å². The Balaban J connectivity index is 1.23. The van der Waals surface area contributed by atoms with Crippen molar-refractivity contribution in [3.63, 3.8) is 0 Å². The largest absolute Gasteiger partial charge is 0.493 e. The summed E-state index contributed by atoms with van der Waals surface area (Å²) in [4.78, 5) is 4.69. The van der Waals surface area contributed by atoms with Gasteiger partial charge in [-0.1, -0.05) is 30.3 Å². The molecule has 7 nitrogen and oxygen atoms in total. The molecule has 0 fully saturated rings. The van der Waals surface area contributed by atoms with Crippen molar-refractivity contribution in [2.45, 2.75) is 20.8 Å². The second kappa shape index (κ2) is 11.6. The van der Waals surface area contributed by atoms with Gasteiger partial charge in [0.05, 0.1) is 41.7 Å². The lowest BCUT2D eigenvalue weighted by Gasteiger charge is -2.14. The summed E-state index contributed by atoms with van der Waals surface area (Å²) in [5.41, 5.74) is 5.97. The first kappa shape index (κ1) is 27.3. The molecule has 0 amide bonds. The minimum Gasteiger partial charge on any atom is -0.493 e. The highest BCUT2D eigenvalue weighted by atomic mass is 16.5. The molecule has 0 unspecified atom stereocenters. The van der Waals surface area contributed by atoms with Crippen LogP contribution in [-0.4, -0.2) is 32.5 Å². The molecule has 0 radical (unpaired) electrons. The molecule has 7 heteroatoms. The molecule has 0 saturated carbocycles. The summed E-state index contributed by atoms with van der Waals surface area (Å²) in [6, 6.07) is 32.5. The smallest absolute Gasteiger partial charge is 0.137 e. The molecule has 4 aromatic carbocycles. The second-order valence-electron chi connectivity index (χ2n) is 10.5. The zero-order valence-electron chi connectivity index (χ0n) is 24.9. The van der Waals surface area contributed by atoms with Crippen LogP contribution in [0.2, 0.25) is 0 Å². The first-order chi connectivity index (χ1) is 21.6. The molecule has 3 heterocycles. The van der Waals surface area contributed by atoms with Crippen molar-refractivity contribution in [1.82, 2.24) is 19.3 Å². The number of pyridine rings is 1. The molecule has 0 spiro atoms. The van der Waals surface area contributed by atoms with Gasteiger partial charge in [-0.3, -0.25) is 4.57 Å². The van der Waals surface area contributed by atoms with Gasteiger partial charge in [0.1, 0.15) is 28.8 Å². The number of hydrogen-bond acceptors (Lipinski definition) is 5. The maximum atomic E-state index is 6.44. The number of para-hydroxylation sites is 1. The Hall–Kier alpha value is -5.56. The van der Waals surface area contributed by atoms with Crippen molar-refractivity contribution in [3.05, 3.63) is 121 Å². The number of hydrogen-bond donors (Lipinski definition) is 0. The highest BCUT2D eigenvalue weighted by Gasteiger charge is 2.17. The molecular formula is C37H32N4O3. The van der Waals surface area contributed by atoms with Crippen molar-refractivity contribution >= 4 is 21.8 Å². The average molecular weight is 581 g/mol. The van der Waals surface area contributed by atoms with Crippen LogP contribution in [-0.2, 0) is 0 Å². The Morgan fingerprint density at radius 2 is 1.45 bits per heavy atom. The normalized spacial score (nSPS) is 11.2. The number of aryl methyl sites for hydroxylation is 1. The Labute approximate surface area is 255 Å². The van der Waals surface area contributed by atoms with E-state index in [-0.39, 0.29) is 0 Å². The monoisotopic (exact) mass is 580 g/mol. The van der Waals surface area contributed by atoms with Gasteiger partial charge in [0, 0.05) is 40.9 Å². The van der Waals surface area contributed by atoms with E-state index in [9.17, 15) is 0 Å². The molecule has 0 atom stereocenters. The molecular weight excluding hydrogens is 548 g/mol. The fourth-order valence-electron chi connectivity index (χ4n) is 5.67. The van der Waals surface area contributed by atoms with Gasteiger partial charge < -0.3 is 14.2 Å². The Morgan fingerprint density at radius 1 is 0.705 bits per heavy atom. The van der Waals surface area contributed by atoms with E-state index < -0.39 is 0 Å². The topological polar surface area (TPSA) is 63.3 Å². The summed E-state index contributed by atoms with van der Waals surface area (Å²) < 4.78 is 22.3. The summed E-state index contributed by atoms with van der Waals surface area (Å²) >= 11 is 0. The minimum absolute atomic E-state index is 0.560. The van der Waals surface area contributed by atoms with Crippen LogP contribution in [0.3, 0.4) is 0 Å². The lowest BCUT2D eigenvalue weighted by molar-refractivity contribution is 0.326. The van der Waals surface area contributed by atoms with Crippen LogP contribution < -0.4 is 14.2 Å². The molecule has 218 valence electrons. The fraction of sp³-hybridized carbons (Fsp3) is 0.135. The third-order valence-electron chi connectivity index (χ3n) is 7.55. The van der Waals surface area contributed by atoms with E-state index in [1.165, 1.54) is 5.39 Å². The van der Waals surface area contributed by atoms with E-state index >= 15 is 0 Å². The van der Waals surface area contributed by atoms with E-state index in [4.69, 9.17) is 19.2 Å². The van der Waals surface area contributed by atoms with Crippen LogP contribution in [0.15, 0.2) is 116 Å². The highest BCUT2D eigenvalue weighted by molar-refractivity contribution is 6.09. The molecule has 0 aliphatic carbocycles. The molecule has 3 aromatic heterocycles. The van der Waals surface area contributed by atoms with Gasteiger partial charge in [0.2, 0.25) is 0 Å². The Bertz CT molecular complexity index is 2090. The van der Waals surface area contributed by atoms with E-state index in [1.54, 1.807) is 0 Å². The van der Waals surface area contributed by atoms with Gasteiger partial charge in [-0.15, -0.1) is 0 Å². The molecule has 44 heavy (non-hydrogen) atoms. The summed E-state index contributed by atoms with van der Waals surface area (Å²) in [5.74, 6) is 3.86. The summed E-state index contributed by atoms with van der Waals surface area (Å²) in [6.45, 7) is 7.15. The van der Waals surface area contributed by atoms with Crippen molar-refractivity contribution in [2.24, 2.45) is 0 Å². The second-order valence-corrected chi connectivity index (χ2v) is 10.5. The van der Waals surface area contributed by atoms with Gasteiger partial charge in [0.25, 0.3) is 0 Å². The van der Waals surface area contributed by atoms with Gasteiger partial charge in [0.15, 0.2) is 0 Å². The van der Waals surface area contributed by atoms with E-state index in [0.717, 1.165) is 61.9 Å². The number of rotatable bonds is 9. The van der Waals surface area contributed by atoms with Crippen molar-refractivity contribution in [3.8, 4) is 45.6 Å². The maximum absolute atomic E-state index is 6.44. The molecule has 0 bridgehead atoms. The lowest BCUT2D eigenvalue weighted by Crippen LogP contribution is -1.99. The number of ether oxygens (including phenoxy) is 3. The Kier molecular flexibility index (Phi) is 7.20. The van der Waals surface area contributed by atoms with Gasteiger partial charge >= 0.3 is 0 Å². The van der Waals surface area contributed by atoms with Crippen LogP contribution >= 0.6 is 0 Å². The van der Waals surface area contributed by atoms with Gasteiger partial charge in [-0.25, -0.2) is 9.67 Å². The number of nitrogens with zero attached hydrogens (tertiary/aromatic N) is 4. The highest BCUT2D eigenvalue weighted by Crippen LogP contribution is 2.39. The van der Waals surface area contributed by atoms with E-state index in [2.05, 4.69) is 59.1 Å². The van der Waals surface area contributed by atoms with Crippen LogP contribution in [0.5, 0.6) is 23.0 Å². The number of benzene rings is 4. The van der Waals surface area contributed by atoms with Crippen LogP contribution in [0.25, 0.3) is 44.4 Å². The predicted molar refractivity (Wildman–Crippen MR) is 175 cm³/mol. The molecule has 0 saturated heterocycles. The van der Waals surface area contributed by atoms with Crippen LogP contribution in [0, 0.1) is 6.92 Å². The van der Waals surface area contributed by atoms with Crippen LogP contribution in [0.1, 0.15) is 19.4 Å². The number of fused-ring (bicyclic) bond motifs is 3. The maximum Gasteiger partial charge on any atom is 0.137 e. The first-order valence-electron chi connectivity index (χ1n) is 14.8. The predicted octanol–water partition coefficient (Wildman–Crippen LogP) is 8.93. The molecule has 0 aliphatic rings. The zero-order chi connectivity index (χ0) is 30.0. The third kappa shape index (κ3) is 5.02. The third-order valence-corrected chi connectivity index (χ3v) is 7.55. The lowest BCUT2D eigenvalue weighted by atomic mass is 10.1. The van der Waals surface area contributed by atoms with Crippen molar-refractivity contribution in [2.75, 3.05) is 13.2 Å². The molecule has 7 rings (SSSR count). The summed E-state index contributed by atoms with van der Waals surface area (Å²) in [6.07, 6.45) is 5.67. The molecule has 0 aliphatic heterocycles. The average Bonchev–Trinajstić information content (AvgIpc) is 3.65. The molecule has 7 aromatic rings. The van der Waals surface area contributed by atoms with E-state index in [1.807, 2.05) is 91.7 Å². The fourth-order valence-corrected chi connectivity index (χ4v) is 5.67. The Morgan fingerprint density at radius 3 is 2.25 bits per heavy atom. The van der Waals surface area contributed by atoms with Crippen LogP contribution in [0.4, 0.5) is 0 Å². The minimum atomic E-state index is 0.560. The standard InChI is InChI=1S/C37H32N4O3/c1-4-42-34-14-9-15-35(43-5-2)37(34)26-23-39-40(24-26)27-10-8-11-28(21-27)44-29-16-17-31-30-12-6-7-13-32(30)41(33(31)22-29)36-20-25(3)18-19-38-36/h6-24H,4-5H2,1-3H3.